The second kappa shape index (κ2) is 4.21. The van der Waals surface area contributed by atoms with E-state index >= 15 is 0 Å². The smallest absolute Gasteiger partial charge is 0.427 e. The minimum Gasteiger partial charge on any atom is -0.478 e. The minimum absolute atomic E-state index is 0.0725. The molecule has 17 heavy (non-hydrogen) atoms. The molecule has 0 saturated carbocycles. The lowest BCUT2D eigenvalue weighted by molar-refractivity contribution is -0.192. The third-order valence-electron chi connectivity index (χ3n) is 2.27. The number of amides is 1. The highest BCUT2D eigenvalue weighted by Gasteiger charge is 2.43. The molecule has 1 amide bonds. The summed E-state index contributed by atoms with van der Waals surface area (Å²) in [6.45, 7) is -0.589. The molecule has 1 aromatic rings. The largest absolute Gasteiger partial charge is 0.478 e. The van der Waals surface area contributed by atoms with Crippen LogP contribution in [0.2, 0.25) is 0 Å². The van der Waals surface area contributed by atoms with Gasteiger partial charge < -0.3 is 10.1 Å². The highest BCUT2D eigenvalue weighted by atomic mass is 79.9. The predicted octanol–water partition coefficient (Wildman–Crippen LogP) is 2.50. The maximum Gasteiger partial charge on any atom is 0.427 e. The summed E-state index contributed by atoms with van der Waals surface area (Å²) in [6, 6.07) is 4.32. The fourth-order valence-corrected chi connectivity index (χ4v) is 1.78. The molecule has 0 saturated heterocycles. The van der Waals surface area contributed by atoms with E-state index in [-0.39, 0.29) is 11.3 Å². The van der Waals surface area contributed by atoms with Crippen molar-refractivity contribution >= 4 is 21.8 Å². The van der Waals surface area contributed by atoms with Gasteiger partial charge in [0.1, 0.15) is 5.75 Å². The summed E-state index contributed by atoms with van der Waals surface area (Å²) in [6.07, 6.45) is -6.54. The highest BCUT2D eigenvalue weighted by Crippen LogP contribution is 2.31. The van der Waals surface area contributed by atoms with Crippen LogP contribution in [0.4, 0.5) is 13.2 Å². The van der Waals surface area contributed by atoms with Gasteiger partial charge in [0, 0.05) is 4.47 Å². The van der Waals surface area contributed by atoms with Crippen molar-refractivity contribution in [2.45, 2.75) is 12.3 Å². The Labute approximate surface area is 103 Å². The van der Waals surface area contributed by atoms with Crippen molar-refractivity contribution < 1.29 is 22.7 Å². The van der Waals surface area contributed by atoms with Crippen molar-refractivity contribution in [3.05, 3.63) is 28.2 Å². The number of benzene rings is 1. The van der Waals surface area contributed by atoms with Crippen LogP contribution >= 0.6 is 15.9 Å². The zero-order valence-corrected chi connectivity index (χ0v) is 9.93. The van der Waals surface area contributed by atoms with Crippen LogP contribution in [0.3, 0.4) is 0 Å². The lowest BCUT2D eigenvalue weighted by atomic mass is 10.2. The summed E-state index contributed by atoms with van der Waals surface area (Å²) in [7, 11) is 0. The average Bonchev–Trinajstić information content (AvgIpc) is 2.37. The van der Waals surface area contributed by atoms with Gasteiger partial charge in [0.25, 0.3) is 5.91 Å². The molecule has 0 bridgehead atoms. The van der Waals surface area contributed by atoms with Gasteiger partial charge in [0.05, 0.1) is 12.1 Å². The first-order valence-electron chi connectivity index (χ1n) is 4.69. The quantitative estimate of drug-likeness (QED) is 0.799. The van der Waals surface area contributed by atoms with Crippen molar-refractivity contribution in [3.63, 3.8) is 0 Å². The van der Waals surface area contributed by atoms with Gasteiger partial charge in [-0.1, -0.05) is 15.9 Å². The van der Waals surface area contributed by atoms with Crippen LogP contribution in [-0.4, -0.2) is 24.7 Å². The van der Waals surface area contributed by atoms with Gasteiger partial charge in [-0.25, -0.2) is 0 Å². The Morgan fingerprint density at radius 3 is 2.76 bits per heavy atom. The number of ether oxygens (including phenoxy) is 1. The van der Waals surface area contributed by atoms with Crippen LogP contribution in [0.1, 0.15) is 10.4 Å². The molecule has 92 valence electrons. The lowest BCUT2D eigenvalue weighted by Crippen LogP contribution is -2.42. The molecule has 1 heterocycles. The Bertz CT molecular complexity index is 461. The number of rotatable bonds is 0. The van der Waals surface area contributed by atoms with E-state index in [0.29, 0.717) is 4.47 Å². The number of fused-ring (bicyclic) bond motifs is 1. The summed E-state index contributed by atoms with van der Waals surface area (Å²) in [5.74, 6) is -0.643. The van der Waals surface area contributed by atoms with Gasteiger partial charge in [-0.15, -0.1) is 0 Å². The second-order valence-electron chi connectivity index (χ2n) is 3.50. The fourth-order valence-electron chi connectivity index (χ4n) is 1.44. The second-order valence-corrected chi connectivity index (χ2v) is 4.41. The van der Waals surface area contributed by atoms with Crippen molar-refractivity contribution in [2.75, 3.05) is 6.54 Å². The summed E-state index contributed by atoms with van der Waals surface area (Å²) < 4.78 is 43.0. The maximum atomic E-state index is 12.6. The molecule has 1 aliphatic heterocycles. The summed E-state index contributed by atoms with van der Waals surface area (Å²) in [5, 5.41) is 2.18. The van der Waals surface area contributed by atoms with Crippen molar-refractivity contribution in [3.8, 4) is 5.75 Å². The maximum absolute atomic E-state index is 12.6. The van der Waals surface area contributed by atoms with Crippen molar-refractivity contribution in [1.29, 1.82) is 0 Å². The SMILES string of the molecule is O=C1NCC(C(F)(F)F)Oc2cc(Br)ccc21. The van der Waals surface area contributed by atoms with Gasteiger partial charge in [-0.3, -0.25) is 4.79 Å². The van der Waals surface area contributed by atoms with Crippen LogP contribution in [0.5, 0.6) is 5.75 Å². The number of hydrogen-bond donors (Lipinski definition) is 1. The van der Waals surface area contributed by atoms with E-state index in [0.717, 1.165) is 0 Å². The molecule has 1 N–H and O–H groups in total. The Balaban J connectivity index is 2.40. The third kappa shape index (κ3) is 2.54. The summed E-state index contributed by atoms with van der Waals surface area (Å²) in [5.41, 5.74) is 0.0972. The van der Waals surface area contributed by atoms with Crippen molar-refractivity contribution in [1.82, 2.24) is 5.32 Å². The molecule has 0 aromatic heterocycles. The number of carbonyl (C=O) groups is 1. The van der Waals surface area contributed by atoms with Crippen LogP contribution in [-0.2, 0) is 0 Å². The lowest BCUT2D eigenvalue weighted by Gasteiger charge is -2.19. The topological polar surface area (TPSA) is 38.3 Å². The fraction of sp³-hybridized carbons (Fsp3) is 0.300. The van der Waals surface area contributed by atoms with Crippen LogP contribution in [0.25, 0.3) is 0 Å². The number of nitrogens with one attached hydrogen (secondary N) is 1. The van der Waals surface area contributed by atoms with E-state index in [4.69, 9.17) is 4.74 Å². The van der Waals surface area contributed by atoms with Gasteiger partial charge in [-0.2, -0.15) is 13.2 Å². The molecule has 0 aliphatic carbocycles. The Hall–Kier alpha value is -1.24. The molecule has 1 unspecified atom stereocenters. The zero-order valence-electron chi connectivity index (χ0n) is 8.34. The first kappa shape index (κ1) is 12.2. The first-order chi connectivity index (χ1) is 7.88. The standard InChI is InChI=1S/C10H7BrF3NO2/c11-5-1-2-6-7(3-5)17-8(10(12,13)14)4-15-9(6)16/h1-3,8H,4H2,(H,15,16). The molecule has 0 fully saturated rings. The summed E-state index contributed by atoms with van der Waals surface area (Å²) >= 11 is 3.11. The molecular formula is C10H7BrF3NO2. The van der Waals surface area contributed by atoms with E-state index in [1.807, 2.05) is 0 Å². The molecule has 0 radical (unpaired) electrons. The highest BCUT2D eigenvalue weighted by molar-refractivity contribution is 9.10. The molecular weight excluding hydrogens is 303 g/mol. The van der Waals surface area contributed by atoms with Gasteiger partial charge in [-0.05, 0) is 18.2 Å². The van der Waals surface area contributed by atoms with Gasteiger partial charge in [0.15, 0.2) is 0 Å². The van der Waals surface area contributed by atoms with Crippen LogP contribution in [0.15, 0.2) is 22.7 Å². The Morgan fingerprint density at radius 1 is 1.41 bits per heavy atom. The van der Waals surface area contributed by atoms with E-state index in [9.17, 15) is 18.0 Å². The van der Waals surface area contributed by atoms with E-state index in [2.05, 4.69) is 21.2 Å². The Morgan fingerprint density at radius 2 is 2.12 bits per heavy atom. The normalized spacial score (nSPS) is 20.0. The molecule has 1 atom stereocenters. The minimum atomic E-state index is -4.52. The van der Waals surface area contributed by atoms with Gasteiger partial charge >= 0.3 is 6.18 Å². The van der Waals surface area contributed by atoms with Crippen molar-refractivity contribution in [2.24, 2.45) is 0 Å². The number of alkyl halides is 3. The van der Waals surface area contributed by atoms with Crippen LogP contribution in [0, 0.1) is 0 Å². The molecule has 7 heteroatoms. The van der Waals surface area contributed by atoms with E-state index < -0.39 is 24.7 Å². The van der Waals surface area contributed by atoms with Gasteiger partial charge in [0.2, 0.25) is 6.10 Å². The zero-order chi connectivity index (χ0) is 12.6. The average molecular weight is 310 g/mol. The monoisotopic (exact) mass is 309 g/mol. The van der Waals surface area contributed by atoms with E-state index in [1.165, 1.54) is 12.1 Å². The summed E-state index contributed by atoms with van der Waals surface area (Å²) in [4.78, 5) is 11.5. The molecule has 2 rings (SSSR count). The third-order valence-corrected chi connectivity index (χ3v) is 2.76. The number of carbonyl (C=O) groups excluding carboxylic acids is 1. The molecule has 1 aromatic carbocycles. The number of hydrogen-bond acceptors (Lipinski definition) is 2. The number of halogens is 4. The predicted molar refractivity (Wildman–Crippen MR) is 56.9 cm³/mol. The van der Waals surface area contributed by atoms with Crippen LogP contribution < -0.4 is 10.1 Å². The molecule has 1 aliphatic rings. The molecule has 0 spiro atoms. The molecule has 3 nitrogen and oxygen atoms in total. The first-order valence-corrected chi connectivity index (χ1v) is 5.48. The Kier molecular flexibility index (Phi) is 3.03. The van der Waals surface area contributed by atoms with E-state index in [1.54, 1.807) is 6.07 Å².